The van der Waals surface area contributed by atoms with Crippen molar-refractivity contribution in [3.63, 3.8) is 0 Å². The molecule has 2 rings (SSSR count). The molecule has 0 aliphatic carbocycles. The summed E-state index contributed by atoms with van der Waals surface area (Å²) in [7, 11) is -3.65. The minimum Gasteiger partial charge on any atom is -0.369 e. The molecule has 0 spiro atoms. The Balaban J connectivity index is 2.16. The minimum atomic E-state index is -3.65. The zero-order valence-corrected chi connectivity index (χ0v) is 15.0. The molecule has 2 aromatic heterocycles. The van der Waals surface area contributed by atoms with Gasteiger partial charge in [0.15, 0.2) is 0 Å². The van der Waals surface area contributed by atoms with Crippen molar-refractivity contribution in [2.24, 2.45) is 0 Å². The first-order valence-corrected chi connectivity index (χ1v) is 9.58. The lowest BCUT2D eigenvalue weighted by Crippen LogP contribution is -2.23. The Labute approximate surface area is 140 Å². The Morgan fingerprint density at radius 3 is 2.81 bits per heavy atom. The maximum Gasteiger partial charge on any atom is 0.242 e. The van der Waals surface area contributed by atoms with Gasteiger partial charge in [0.05, 0.1) is 5.02 Å². The Kier molecular flexibility index (Phi) is 5.61. The number of rotatable bonds is 6. The van der Waals surface area contributed by atoms with Gasteiger partial charge in [-0.15, -0.1) is 11.3 Å². The summed E-state index contributed by atoms with van der Waals surface area (Å²) in [4.78, 5) is 4.98. The van der Waals surface area contributed by atoms with Gasteiger partial charge in [0, 0.05) is 28.6 Å². The quantitative estimate of drug-likeness (QED) is 0.765. The molecule has 5 nitrogen and oxygen atoms in total. The summed E-state index contributed by atoms with van der Waals surface area (Å²) in [5.74, 6) is 0.471. The Hall–Kier alpha value is -0.670. The molecule has 0 atom stereocenters. The molecule has 0 aliphatic rings. The lowest BCUT2D eigenvalue weighted by molar-refractivity contribution is 0.581. The lowest BCUT2D eigenvalue weighted by atomic mass is 10.4. The zero-order chi connectivity index (χ0) is 15.5. The highest BCUT2D eigenvalue weighted by Gasteiger charge is 2.17. The van der Waals surface area contributed by atoms with Gasteiger partial charge in [-0.1, -0.05) is 11.6 Å². The molecule has 114 valence electrons. The predicted molar refractivity (Wildman–Crippen MR) is 89.5 cm³/mol. The van der Waals surface area contributed by atoms with Crippen LogP contribution in [-0.2, 0) is 16.6 Å². The molecule has 2 aromatic rings. The van der Waals surface area contributed by atoms with Gasteiger partial charge >= 0.3 is 0 Å². The number of nitrogens with zero attached hydrogens (tertiary/aromatic N) is 1. The molecule has 0 saturated carbocycles. The Morgan fingerprint density at radius 1 is 1.48 bits per heavy atom. The summed E-state index contributed by atoms with van der Waals surface area (Å²) in [5.41, 5.74) is 0. The molecule has 2 N–H and O–H groups in total. The van der Waals surface area contributed by atoms with E-state index in [0.717, 1.165) is 9.35 Å². The second kappa shape index (κ2) is 7.06. The molecule has 0 saturated heterocycles. The van der Waals surface area contributed by atoms with Gasteiger partial charge in [-0.05, 0) is 40.4 Å². The van der Waals surface area contributed by atoms with Crippen LogP contribution < -0.4 is 10.0 Å². The monoisotopic (exact) mass is 409 g/mol. The minimum absolute atomic E-state index is 0.0434. The second-order valence-corrected chi connectivity index (χ2v) is 8.08. The molecule has 0 unspecified atom stereocenters. The van der Waals surface area contributed by atoms with Crippen LogP contribution in [0.4, 0.5) is 5.82 Å². The van der Waals surface area contributed by atoms with E-state index in [-0.39, 0.29) is 16.5 Å². The van der Waals surface area contributed by atoms with Crippen LogP contribution in [0.3, 0.4) is 0 Å². The second-order valence-electron chi connectivity index (χ2n) is 4.05. The normalized spacial score (nSPS) is 11.6. The molecule has 0 fully saturated rings. The van der Waals surface area contributed by atoms with Gasteiger partial charge in [0.25, 0.3) is 0 Å². The van der Waals surface area contributed by atoms with Crippen molar-refractivity contribution >= 4 is 54.7 Å². The van der Waals surface area contributed by atoms with Crippen LogP contribution in [0.2, 0.25) is 5.02 Å². The maximum atomic E-state index is 12.2. The van der Waals surface area contributed by atoms with Crippen molar-refractivity contribution in [1.29, 1.82) is 0 Å². The van der Waals surface area contributed by atoms with Crippen LogP contribution >= 0.6 is 38.9 Å². The third-order valence-electron chi connectivity index (χ3n) is 2.58. The van der Waals surface area contributed by atoms with Crippen molar-refractivity contribution in [1.82, 2.24) is 9.71 Å². The van der Waals surface area contributed by atoms with E-state index < -0.39 is 10.0 Å². The van der Waals surface area contributed by atoms with Gasteiger partial charge in [0.1, 0.15) is 10.7 Å². The number of anilines is 1. The van der Waals surface area contributed by atoms with E-state index in [1.807, 2.05) is 18.4 Å². The van der Waals surface area contributed by atoms with Crippen molar-refractivity contribution < 1.29 is 8.42 Å². The maximum absolute atomic E-state index is 12.2. The summed E-state index contributed by atoms with van der Waals surface area (Å²) < 4.78 is 27.9. The first-order valence-electron chi connectivity index (χ1n) is 6.05. The van der Waals surface area contributed by atoms with E-state index in [9.17, 15) is 8.42 Å². The van der Waals surface area contributed by atoms with E-state index in [4.69, 9.17) is 11.6 Å². The average Bonchev–Trinajstić information content (AvgIpc) is 2.84. The molecular weight excluding hydrogens is 398 g/mol. The number of halogens is 2. The fourth-order valence-corrected chi connectivity index (χ4v) is 4.35. The number of hydrogen-bond donors (Lipinski definition) is 2. The summed E-state index contributed by atoms with van der Waals surface area (Å²) in [6.07, 6.45) is 1.29. The van der Waals surface area contributed by atoms with Gasteiger partial charge < -0.3 is 5.32 Å². The van der Waals surface area contributed by atoms with Crippen LogP contribution in [0.1, 0.15) is 11.8 Å². The predicted octanol–water partition coefficient (Wildman–Crippen LogP) is 3.47. The first-order chi connectivity index (χ1) is 9.94. The number of pyridine rings is 1. The van der Waals surface area contributed by atoms with Crippen molar-refractivity contribution in [3.05, 3.63) is 38.1 Å². The van der Waals surface area contributed by atoms with E-state index in [1.54, 1.807) is 0 Å². The van der Waals surface area contributed by atoms with Crippen molar-refractivity contribution in [2.75, 3.05) is 11.9 Å². The highest BCUT2D eigenvalue weighted by Crippen LogP contribution is 2.24. The molecule has 2 heterocycles. The average molecular weight is 411 g/mol. The summed E-state index contributed by atoms with van der Waals surface area (Å²) in [5, 5.41) is 5.11. The molecule has 21 heavy (non-hydrogen) atoms. The zero-order valence-electron chi connectivity index (χ0n) is 11.1. The van der Waals surface area contributed by atoms with E-state index >= 15 is 0 Å². The van der Waals surface area contributed by atoms with Crippen LogP contribution in [0, 0.1) is 0 Å². The standard InChI is InChI=1S/C12H13BrClN3O2S2/c1-2-15-12-10(14)5-8(6-16-12)21(18,19)17-7-11-9(13)3-4-20-11/h3-6,17H,2,7H2,1H3,(H,15,16). The Morgan fingerprint density at radius 2 is 2.24 bits per heavy atom. The van der Waals surface area contributed by atoms with Crippen LogP contribution in [0.25, 0.3) is 0 Å². The smallest absolute Gasteiger partial charge is 0.242 e. The Bertz CT molecular complexity index is 734. The molecule has 0 radical (unpaired) electrons. The molecule has 0 amide bonds. The van der Waals surface area contributed by atoms with E-state index in [2.05, 4.69) is 31.0 Å². The van der Waals surface area contributed by atoms with Crippen LogP contribution in [-0.4, -0.2) is 19.9 Å². The van der Waals surface area contributed by atoms with Crippen LogP contribution in [0.15, 0.2) is 33.1 Å². The SMILES string of the molecule is CCNc1ncc(S(=O)(=O)NCc2sccc2Br)cc1Cl. The number of aromatic nitrogens is 1. The first kappa shape index (κ1) is 16.7. The van der Waals surface area contributed by atoms with Gasteiger partial charge in [-0.25, -0.2) is 18.1 Å². The van der Waals surface area contributed by atoms with E-state index in [0.29, 0.717) is 12.4 Å². The highest BCUT2D eigenvalue weighted by atomic mass is 79.9. The summed E-state index contributed by atoms with van der Waals surface area (Å²) in [6.45, 7) is 2.78. The fourth-order valence-electron chi connectivity index (χ4n) is 1.56. The third-order valence-corrected chi connectivity index (χ3v) is 6.17. The number of thiophene rings is 1. The molecule has 0 bridgehead atoms. The lowest BCUT2D eigenvalue weighted by Gasteiger charge is -2.09. The van der Waals surface area contributed by atoms with Gasteiger partial charge in [-0.3, -0.25) is 0 Å². The molecular formula is C12H13BrClN3O2S2. The van der Waals surface area contributed by atoms with Gasteiger partial charge in [-0.2, -0.15) is 0 Å². The number of hydrogen-bond acceptors (Lipinski definition) is 5. The largest absolute Gasteiger partial charge is 0.369 e. The molecule has 0 aromatic carbocycles. The van der Waals surface area contributed by atoms with Crippen LogP contribution in [0.5, 0.6) is 0 Å². The van der Waals surface area contributed by atoms with Crippen molar-refractivity contribution in [2.45, 2.75) is 18.4 Å². The summed E-state index contributed by atoms with van der Waals surface area (Å²) >= 11 is 10.9. The molecule has 0 aliphatic heterocycles. The highest BCUT2D eigenvalue weighted by molar-refractivity contribution is 9.10. The van der Waals surface area contributed by atoms with Gasteiger partial charge in [0.2, 0.25) is 10.0 Å². The number of nitrogens with one attached hydrogen (secondary N) is 2. The third kappa shape index (κ3) is 4.17. The summed E-state index contributed by atoms with van der Waals surface area (Å²) in [6, 6.07) is 3.26. The topological polar surface area (TPSA) is 71.1 Å². The molecule has 9 heteroatoms. The van der Waals surface area contributed by atoms with E-state index in [1.165, 1.54) is 23.6 Å². The number of sulfonamides is 1. The van der Waals surface area contributed by atoms with Crippen molar-refractivity contribution in [3.8, 4) is 0 Å². The fraction of sp³-hybridized carbons (Fsp3) is 0.250.